The molecule has 6 heteroatoms. The topological polar surface area (TPSA) is 38.0 Å². The summed E-state index contributed by atoms with van der Waals surface area (Å²) >= 11 is 7.24. The number of nitrogens with one attached hydrogen (secondary N) is 1. The number of halogens is 3. The van der Waals surface area contributed by atoms with Crippen LogP contribution in [0.25, 0.3) is 0 Å². The molecule has 0 saturated heterocycles. The Morgan fingerprint density at radius 3 is 2.72 bits per heavy atom. The Bertz CT molecular complexity index is 526. The largest absolute Gasteiger partial charge is 0.271 e. The van der Waals surface area contributed by atoms with Gasteiger partial charge in [-0.3, -0.25) is 11.3 Å². The SMILES string of the molecule is NNC(Cc1cc(F)cc(Br)c1)c1csc(I)c1. The summed E-state index contributed by atoms with van der Waals surface area (Å²) in [7, 11) is 0. The Morgan fingerprint density at radius 2 is 2.17 bits per heavy atom. The number of hydrogen-bond donors (Lipinski definition) is 2. The maximum absolute atomic E-state index is 13.3. The third-order valence-electron chi connectivity index (χ3n) is 2.55. The first-order valence-electron chi connectivity index (χ1n) is 5.23. The molecule has 0 amide bonds. The van der Waals surface area contributed by atoms with E-state index < -0.39 is 0 Å². The third-order valence-corrected chi connectivity index (χ3v) is 4.82. The van der Waals surface area contributed by atoms with Gasteiger partial charge in [0.2, 0.25) is 0 Å². The fraction of sp³-hybridized carbons (Fsp3) is 0.167. The lowest BCUT2D eigenvalue weighted by Gasteiger charge is -2.15. The Hall–Kier alpha value is -0.0200. The molecule has 1 atom stereocenters. The van der Waals surface area contributed by atoms with Crippen molar-refractivity contribution in [2.24, 2.45) is 5.84 Å². The molecule has 0 aliphatic heterocycles. The molecule has 2 rings (SSSR count). The highest BCUT2D eigenvalue weighted by atomic mass is 127. The first-order chi connectivity index (χ1) is 8.58. The zero-order valence-electron chi connectivity index (χ0n) is 9.29. The monoisotopic (exact) mass is 440 g/mol. The van der Waals surface area contributed by atoms with Gasteiger partial charge in [0.15, 0.2) is 0 Å². The lowest BCUT2D eigenvalue weighted by atomic mass is 10.0. The predicted octanol–water partition coefficient (Wildman–Crippen LogP) is 4.00. The summed E-state index contributed by atoms with van der Waals surface area (Å²) in [5, 5.41) is 2.07. The summed E-state index contributed by atoms with van der Waals surface area (Å²) < 4.78 is 15.3. The molecule has 96 valence electrons. The molecule has 0 radical (unpaired) electrons. The minimum atomic E-state index is -0.241. The van der Waals surface area contributed by atoms with Crippen LogP contribution in [0.2, 0.25) is 0 Å². The Kier molecular flexibility index (Phi) is 5.14. The van der Waals surface area contributed by atoms with Gasteiger partial charge < -0.3 is 0 Å². The lowest BCUT2D eigenvalue weighted by molar-refractivity contribution is 0.549. The van der Waals surface area contributed by atoms with E-state index in [1.54, 1.807) is 11.3 Å². The summed E-state index contributed by atoms with van der Waals surface area (Å²) in [6.45, 7) is 0. The van der Waals surface area contributed by atoms with E-state index in [-0.39, 0.29) is 11.9 Å². The standard InChI is InChI=1S/C12H11BrFIN2S/c13-9-1-7(2-10(14)5-9)3-11(17-16)8-4-12(15)18-6-8/h1-2,4-6,11,17H,3,16H2. The number of hydrogen-bond acceptors (Lipinski definition) is 3. The number of benzene rings is 1. The molecule has 0 aliphatic carbocycles. The van der Waals surface area contributed by atoms with Crippen LogP contribution >= 0.6 is 49.9 Å². The van der Waals surface area contributed by atoms with Crippen LogP contribution in [0.5, 0.6) is 0 Å². The quantitative estimate of drug-likeness (QED) is 0.428. The molecule has 0 aliphatic rings. The van der Waals surface area contributed by atoms with E-state index in [4.69, 9.17) is 5.84 Å². The van der Waals surface area contributed by atoms with Gasteiger partial charge in [0.05, 0.1) is 8.93 Å². The zero-order valence-corrected chi connectivity index (χ0v) is 13.9. The Balaban J connectivity index is 2.20. The van der Waals surface area contributed by atoms with Gasteiger partial charge in [0.25, 0.3) is 0 Å². The van der Waals surface area contributed by atoms with Crippen molar-refractivity contribution in [1.82, 2.24) is 5.43 Å². The Labute approximate surface area is 131 Å². The second-order valence-electron chi connectivity index (χ2n) is 3.89. The average Bonchev–Trinajstić information content (AvgIpc) is 2.71. The highest BCUT2D eigenvalue weighted by molar-refractivity contribution is 14.1. The van der Waals surface area contributed by atoms with Gasteiger partial charge in [0.1, 0.15) is 5.82 Å². The van der Waals surface area contributed by atoms with E-state index in [1.807, 2.05) is 6.07 Å². The maximum atomic E-state index is 13.3. The van der Waals surface area contributed by atoms with E-state index in [0.29, 0.717) is 6.42 Å². The van der Waals surface area contributed by atoms with Crippen molar-refractivity contribution >= 4 is 49.9 Å². The van der Waals surface area contributed by atoms with Gasteiger partial charge in [-0.15, -0.1) is 11.3 Å². The smallest absolute Gasteiger partial charge is 0.124 e. The van der Waals surface area contributed by atoms with Crippen molar-refractivity contribution in [1.29, 1.82) is 0 Å². The summed E-state index contributed by atoms with van der Waals surface area (Å²) in [6.07, 6.45) is 0.652. The molecule has 18 heavy (non-hydrogen) atoms. The first-order valence-corrected chi connectivity index (χ1v) is 7.98. The highest BCUT2D eigenvalue weighted by Gasteiger charge is 2.13. The van der Waals surface area contributed by atoms with Crippen LogP contribution in [0.4, 0.5) is 4.39 Å². The molecule has 0 bridgehead atoms. The van der Waals surface area contributed by atoms with Crippen LogP contribution in [0.15, 0.2) is 34.1 Å². The van der Waals surface area contributed by atoms with Crippen LogP contribution in [0.3, 0.4) is 0 Å². The Morgan fingerprint density at radius 1 is 1.39 bits per heavy atom. The van der Waals surface area contributed by atoms with Crippen molar-refractivity contribution in [2.45, 2.75) is 12.5 Å². The molecule has 1 aromatic heterocycles. The van der Waals surface area contributed by atoms with Crippen LogP contribution in [-0.2, 0) is 6.42 Å². The molecule has 0 saturated carbocycles. The van der Waals surface area contributed by atoms with Gasteiger partial charge in [0, 0.05) is 4.47 Å². The molecule has 0 spiro atoms. The van der Waals surface area contributed by atoms with Crippen molar-refractivity contribution in [3.05, 3.63) is 53.9 Å². The van der Waals surface area contributed by atoms with Gasteiger partial charge in [-0.1, -0.05) is 15.9 Å². The van der Waals surface area contributed by atoms with Crippen LogP contribution in [0.1, 0.15) is 17.2 Å². The van der Waals surface area contributed by atoms with E-state index >= 15 is 0 Å². The van der Waals surface area contributed by atoms with Crippen LogP contribution < -0.4 is 11.3 Å². The number of nitrogens with two attached hydrogens (primary N) is 1. The van der Waals surface area contributed by atoms with Crippen LogP contribution in [-0.4, -0.2) is 0 Å². The number of thiophene rings is 1. The fourth-order valence-electron chi connectivity index (χ4n) is 1.74. The molecule has 2 aromatic rings. The molecule has 1 heterocycles. The van der Waals surface area contributed by atoms with Crippen molar-refractivity contribution in [2.75, 3.05) is 0 Å². The summed E-state index contributed by atoms with van der Waals surface area (Å²) in [6, 6.07) is 6.97. The van der Waals surface area contributed by atoms with E-state index in [1.165, 1.54) is 15.0 Å². The molecule has 0 fully saturated rings. The maximum Gasteiger partial charge on any atom is 0.124 e. The van der Waals surface area contributed by atoms with Gasteiger partial charge in [-0.05, 0) is 69.8 Å². The minimum absolute atomic E-state index is 0.00142. The predicted molar refractivity (Wildman–Crippen MR) is 84.9 cm³/mol. The molecule has 1 unspecified atom stereocenters. The van der Waals surface area contributed by atoms with E-state index in [0.717, 1.165) is 15.6 Å². The molecule has 2 nitrogen and oxygen atoms in total. The van der Waals surface area contributed by atoms with Crippen molar-refractivity contribution in [3.63, 3.8) is 0 Å². The lowest BCUT2D eigenvalue weighted by Crippen LogP contribution is -2.29. The van der Waals surface area contributed by atoms with Crippen molar-refractivity contribution in [3.8, 4) is 0 Å². The van der Waals surface area contributed by atoms with Gasteiger partial charge in [-0.25, -0.2) is 4.39 Å². The first kappa shape index (κ1) is 14.4. The van der Waals surface area contributed by atoms with E-state index in [9.17, 15) is 4.39 Å². The normalized spacial score (nSPS) is 12.7. The number of rotatable bonds is 4. The van der Waals surface area contributed by atoms with Gasteiger partial charge in [-0.2, -0.15) is 0 Å². The molecular formula is C12H11BrFIN2S. The van der Waals surface area contributed by atoms with Gasteiger partial charge >= 0.3 is 0 Å². The zero-order chi connectivity index (χ0) is 13.1. The summed E-state index contributed by atoms with van der Waals surface area (Å²) in [5.74, 6) is 5.34. The fourth-order valence-corrected chi connectivity index (χ4v) is 3.68. The summed E-state index contributed by atoms with van der Waals surface area (Å²) in [5.41, 5.74) is 4.82. The minimum Gasteiger partial charge on any atom is -0.271 e. The average molecular weight is 441 g/mol. The molecule has 1 aromatic carbocycles. The summed E-state index contributed by atoms with van der Waals surface area (Å²) in [4.78, 5) is 0. The third kappa shape index (κ3) is 3.74. The van der Waals surface area contributed by atoms with Crippen LogP contribution in [0, 0.1) is 8.70 Å². The number of hydrazine groups is 1. The second-order valence-corrected chi connectivity index (χ2v) is 7.61. The van der Waals surface area contributed by atoms with E-state index in [2.05, 4.69) is 55.4 Å². The second kappa shape index (κ2) is 6.42. The molecular weight excluding hydrogens is 430 g/mol. The highest BCUT2D eigenvalue weighted by Crippen LogP contribution is 2.25. The molecule has 3 N–H and O–H groups in total. The van der Waals surface area contributed by atoms with Crippen molar-refractivity contribution < 1.29 is 4.39 Å².